The molecule has 0 fully saturated rings. The van der Waals surface area contributed by atoms with E-state index in [1.807, 2.05) is 0 Å². The van der Waals surface area contributed by atoms with Gasteiger partial charge in [0.1, 0.15) is 23.5 Å². The zero-order chi connectivity index (χ0) is 24.3. The Bertz CT molecular complexity index is 1260. The van der Waals surface area contributed by atoms with Crippen LogP contribution in [-0.2, 0) is 10.0 Å². The molecule has 1 atom stereocenters. The first kappa shape index (κ1) is 24.3. The third-order valence-corrected chi connectivity index (χ3v) is 6.41. The highest BCUT2D eigenvalue weighted by atomic mass is 32.2. The summed E-state index contributed by atoms with van der Waals surface area (Å²) in [5.74, 6) is -1.10. The second kappa shape index (κ2) is 9.63. The Morgan fingerprint density at radius 1 is 0.879 bits per heavy atom. The molecule has 1 unspecified atom stereocenters. The summed E-state index contributed by atoms with van der Waals surface area (Å²) in [4.78, 5) is -0.155. The number of hydrogen-bond acceptors (Lipinski definition) is 6. The molecule has 0 aliphatic heterocycles. The van der Waals surface area contributed by atoms with Gasteiger partial charge in [-0.3, -0.25) is 4.72 Å². The van der Waals surface area contributed by atoms with E-state index in [9.17, 15) is 22.3 Å². The maximum atomic E-state index is 14.3. The van der Waals surface area contributed by atoms with Gasteiger partial charge in [-0.25, -0.2) is 17.2 Å². The van der Waals surface area contributed by atoms with Crippen LogP contribution in [0.4, 0.5) is 14.5 Å². The standard InChI is InChI=1S/C23H23F2NO6S/c1-13-10-15(23(27)22-16(24)6-5-7-17(22)25)18(12-20(13)31-3)26-33(28,29)14-8-9-19(30-2)21(11-14)32-4/h5-12,23,26-27H,1-4H3. The highest BCUT2D eigenvalue weighted by Gasteiger charge is 2.26. The van der Waals surface area contributed by atoms with Crippen molar-refractivity contribution in [2.24, 2.45) is 0 Å². The average molecular weight is 480 g/mol. The molecule has 2 N–H and O–H groups in total. The Kier molecular flexibility index (Phi) is 7.09. The molecule has 7 nitrogen and oxygen atoms in total. The number of methoxy groups -OCH3 is 3. The number of aliphatic hydroxyl groups excluding tert-OH is 1. The van der Waals surface area contributed by atoms with E-state index in [2.05, 4.69) is 4.72 Å². The van der Waals surface area contributed by atoms with Crippen LogP contribution >= 0.6 is 0 Å². The van der Waals surface area contributed by atoms with Gasteiger partial charge in [0, 0.05) is 17.7 Å². The molecule has 0 amide bonds. The van der Waals surface area contributed by atoms with Crippen molar-refractivity contribution in [3.05, 3.63) is 76.9 Å². The normalized spacial score (nSPS) is 12.2. The van der Waals surface area contributed by atoms with Gasteiger partial charge in [0.25, 0.3) is 10.0 Å². The van der Waals surface area contributed by atoms with Crippen molar-refractivity contribution in [2.75, 3.05) is 26.1 Å². The number of nitrogens with one attached hydrogen (secondary N) is 1. The van der Waals surface area contributed by atoms with Crippen LogP contribution in [0.25, 0.3) is 0 Å². The number of aliphatic hydroxyl groups is 1. The van der Waals surface area contributed by atoms with Gasteiger partial charge in [0.05, 0.1) is 37.5 Å². The number of halogens is 2. The Hall–Kier alpha value is -3.37. The molecule has 0 spiro atoms. The second-order valence-corrected chi connectivity index (χ2v) is 8.75. The Morgan fingerprint density at radius 2 is 1.48 bits per heavy atom. The number of benzene rings is 3. The zero-order valence-corrected chi connectivity index (χ0v) is 19.2. The molecule has 0 aliphatic carbocycles. The molecule has 3 rings (SSSR count). The summed E-state index contributed by atoms with van der Waals surface area (Å²) in [7, 11) is -0.0364. The van der Waals surface area contributed by atoms with Crippen LogP contribution < -0.4 is 18.9 Å². The van der Waals surface area contributed by atoms with Crippen molar-refractivity contribution in [2.45, 2.75) is 17.9 Å². The number of sulfonamides is 1. The van der Waals surface area contributed by atoms with Crippen LogP contribution in [0, 0.1) is 18.6 Å². The van der Waals surface area contributed by atoms with E-state index in [1.54, 1.807) is 6.92 Å². The third-order valence-electron chi connectivity index (χ3n) is 5.04. The minimum absolute atomic E-state index is 0.0543. The highest BCUT2D eigenvalue weighted by Crippen LogP contribution is 2.37. The fourth-order valence-electron chi connectivity index (χ4n) is 3.36. The lowest BCUT2D eigenvalue weighted by molar-refractivity contribution is 0.209. The minimum Gasteiger partial charge on any atom is -0.496 e. The number of ether oxygens (including phenoxy) is 3. The summed E-state index contributed by atoms with van der Waals surface area (Å²) < 4.78 is 72.8. The molecule has 0 aliphatic rings. The first-order valence-corrected chi connectivity index (χ1v) is 11.2. The Balaban J connectivity index is 2.12. The van der Waals surface area contributed by atoms with Gasteiger partial charge in [-0.1, -0.05) is 6.07 Å². The molecule has 0 aromatic heterocycles. The highest BCUT2D eigenvalue weighted by molar-refractivity contribution is 7.92. The van der Waals surface area contributed by atoms with Gasteiger partial charge >= 0.3 is 0 Å². The molecule has 0 saturated carbocycles. The second-order valence-electron chi connectivity index (χ2n) is 7.07. The summed E-state index contributed by atoms with van der Waals surface area (Å²) >= 11 is 0. The zero-order valence-electron chi connectivity index (χ0n) is 18.3. The number of rotatable bonds is 8. The van der Waals surface area contributed by atoms with E-state index in [0.29, 0.717) is 17.1 Å². The van der Waals surface area contributed by atoms with Gasteiger partial charge in [0.15, 0.2) is 11.5 Å². The van der Waals surface area contributed by atoms with Gasteiger partial charge in [-0.05, 0) is 42.8 Å². The Labute approximate surface area is 190 Å². The lowest BCUT2D eigenvalue weighted by Crippen LogP contribution is -2.17. The number of aryl methyl sites for hydroxylation is 1. The van der Waals surface area contributed by atoms with Crippen LogP contribution in [-0.4, -0.2) is 34.9 Å². The molecule has 0 heterocycles. The SMILES string of the molecule is COc1cc(NS(=O)(=O)c2ccc(OC)c(OC)c2)c(C(O)c2c(F)cccc2F)cc1C. The number of hydrogen-bond donors (Lipinski definition) is 2. The molecule has 0 bridgehead atoms. The van der Waals surface area contributed by atoms with E-state index in [0.717, 1.165) is 12.1 Å². The number of anilines is 1. The monoisotopic (exact) mass is 479 g/mol. The minimum atomic E-state index is -4.21. The van der Waals surface area contributed by atoms with Crippen molar-refractivity contribution in [3.8, 4) is 17.2 Å². The van der Waals surface area contributed by atoms with Crippen molar-refractivity contribution in [1.82, 2.24) is 0 Å². The van der Waals surface area contributed by atoms with Crippen molar-refractivity contribution >= 4 is 15.7 Å². The van der Waals surface area contributed by atoms with Gasteiger partial charge in [-0.2, -0.15) is 0 Å². The van der Waals surface area contributed by atoms with E-state index < -0.39 is 33.3 Å². The van der Waals surface area contributed by atoms with Crippen LogP contribution in [0.3, 0.4) is 0 Å². The lowest BCUT2D eigenvalue weighted by Gasteiger charge is -2.20. The van der Waals surface area contributed by atoms with Gasteiger partial charge in [0.2, 0.25) is 0 Å². The van der Waals surface area contributed by atoms with Crippen LogP contribution in [0.2, 0.25) is 0 Å². The molecule has 0 saturated heterocycles. The fraction of sp³-hybridized carbons (Fsp3) is 0.217. The van der Waals surface area contributed by atoms with Crippen LogP contribution in [0.5, 0.6) is 17.2 Å². The van der Waals surface area contributed by atoms with Crippen LogP contribution in [0.15, 0.2) is 53.4 Å². The molecule has 33 heavy (non-hydrogen) atoms. The molecule has 10 heteroatoms. The topological polar surface area (TPSA) is 94.1 Å². The molecule has 3 aromatic carbocycles. The van der Waals surface area contributed by atoms with Crippen molar-refractivity contribution < 1.29 is 36.5 Å². The largest absolute Gasteiger partial charge is 0.496 e. The van der Waals surface area contributed by atoms with E-state index in [-0.39, 0.29) is 21.9 Å². The lowest BCUT2D eigenvalue weighted by atomic mass is 9.97. The Morgan fingerprint density at radius 3 is 2.06 bits per heavy atom. The maximum absolute atomic E-state index is 14.3. The van der Waals surface area contributed by atoms with E-state index >= 15 is 0 Å². The van der Waals surface area contributed by atoms with Gasteiger partial charge < -0.3 is 19.3 Å². The summed E-state index contributed by atoms with van der Waals surface area (Å²) in [6.45, 7) is 1.65. The predicted octanol–water partition coefficient (Wildman–Crippen LogP) is 4.18. The fourth-order valence-corrected chi connectivity index (χ4v) is 4.45. The summed E-state index contributed by atoms with van der Waals surface area (Å²) in [5.41, 5.74) is -0.241. The summed E-state index contributed by atoms with van der Waals surface area (Å²) in [6.07, 6.45) is -1.79. The molecule has 3 aromatic rings. The molecular formula is C23H23F2NO6S. The molecular weight excluding hydrogens is 456 g/mol. The predicted molar refractivity (Wildman–Crippen MR) is 119 cm³/mol. The first-order chi connectivity index (χ1) is 15.6. The molecule has 176 valence electrons. The van der Waals surface area contributed by atoms with E-state index in [1.165, 1.54) is 57.7 Å². The summed E-state index contributed by atoms with van der Waals surface area (Å²) in [5, 5.41) is 10.8. The van der Waals surface area contributed by atoms with Gasteiger partial charge in [-0.15, -0.1) is 0 Å². The average Bonchev–Trinajstić information content (AvgIpc) is 2.79. The van der Waals surface area contributed by atoms with Crippen LogP contribution in [0.1, 0.15) is 22.8 Å². The summed E-state index contributed by atoms with van der Waals surface area (Å²) in [6, 6.07) is 9.92. The van der Waals surface area contributed by atoms with E-state index in [4.69, 9.17) is 14.2 Å². The first-order valence-electron chi connectivity index (χ1n) is 9.68. The molecule has 0 radical (unpaired) electrons. The smallest absolute Gasteiger partial charge is 0.262 e. The van der Waals surface area contributed by atoms with Crippen molar-refractivity contribution in [3.63, 3.8) is 0 Å². The van der Waals surface area contributed by atoms with Crippen molar-refractivity contribution in [1.29, 1.82) is 0 Å². The maximum Gasteiger partial charge on any atom is 0.262 e. The third kappa shape index (κ3) is 4.86. The quantitative estimate of drug-likeness (QED) is 0.504.